The number of rotatable bonds is 7. The molecule has 22 heavy (non-hydrogen) atoms. The summed E-state index contributed by atoms with van der Waals surface area (Å²) < 4.78 is 0. The molecule has 1 aliphatic heterocycles. The number of nitrogens with zero attached hydrogens (tertiary/aromatic N) is 1. The third-order valence-electron chi connectivity index (χ3n) is 4.46. The van der Waals surface area contributed by atoms with Crippen molar-refractivity contribution in [3.63, 3.8) is 0 Å². The summed E-state index contributed by atoms with van der Waals surface area (Å²) in [5.74, 6) is 2.43. The van der Waals surface area contributed by atoms with Crippen LogP contribution in [0.2, 0.25) is 0 Å². The highest BCUT2D eigenvalue weighted by Crippen LogP contribution is 2.19. The Kier molecular flexibility index (Phi) is 7.26. The summed E-state index contributed by atoms with van der Waals surface area (Å²) in [5, 5.41) is 3.07. The number of thioether (sulfide) groups is 1. The van der Waals surface area contributed by atoms with Crippen LogP contribution in [0.15, 0.2) is 24.3 Å². The standard InChI is InChI=1S/C18H28N2OS/c1-15-5-3-4-6-17(15)13-22-14-18(21)19-10-7-16-8-11-20(2)12-9-16/h3-6,16H,7-14H2,1-2H3,(H,19,21). The summed E-state index contributed by atoms with van der Waals surface area (Å²) in [6.07, 6.45) is 3.67. The molecule has 1 N–H and O–H groups in total. The minimum Gasteiger partial charge on any atom is -0.355 e. The lowest BCUT2D eigenvalue weighted by Crippen LogP contribution is -2.33. The Balaban J connectivity index is 1.55. The Morgan fingerprint density at radius 1 is 1.32 bits per heavy atom. The molecule has 0 spiro atoms. The van der Waals surface area contributed by atoms with E-state index in [1.54, 1.807) is 11.8 Å². The lowest BCUT2D eigenvalue weighted by Gasteiger charge is -2.28. The number of hydrogen-bond donors (Lipinski definition) is 1. The van der Waals surface area contributed by atoms with Crippen molar-refractivity contribution in [3.8, 4) is 0 Å². The number of hydrogen-bond acceptors (Lipinski definition) is 3. The number of benzene rings is 1. The summed E-state index contributed by atoms with van der Waals surface area (Å²) in [5.41, 5.74) is 2.63. The van der Waals surface area contributed by atoms with Crippen molar-refractivity contribution < 1.29 is 4.79 Å². The molecule has 0 bridgehead atoms. The maximum Gasteiger partial charge on any atom is 0.230 e. The van der Waals surface area contributed by atoms with Crippen molar-refractivity contribution in [1.82, 2.24) is 10.2 Å². The van der Waals surface area contributed by atoms with E-state index in [-0.39, 0.29) is 5.91 Å². The fourth-order valence-electron chi connectivity index (χ4n) is 2.84. The minimum absolute atomic E-state index is 0.173. The van der Waals surface area contributed by atoms with E-state index >= 15 is 0 Å². The molecule has 1 fully saturated rings. The minimum atomic E-state index is 0.173. The van der Waals surface area contributed by atoms with Crippen molar-refractivity contribution in [3.05, 3.63) is 35.4 Å². The monoisotopic (exact) mass is 320 g/mol. The second-order valence-electron chi connectivity index (χ2n) is 6.30. The molecule has 1 aliphatic rings. The molecule has 3 nitrogen and oxygen atoms in total. The molecule has 0 aliphatic carbocycles. The predicted molar refractivity (Wildman–Crippen MR) is 95.2 cm³/mol. The number of carbonyl (C=O) groups is 1. The summed E-state index contributed by atoms with van der Waals surface area (Å²) >= 11 is 1.70. The van der Waals surface area contributed by atoms with Gasteiger partial charge in [0.2, 0.25) is 5.91 Å². The van der Waals surface area contributed by atoms with E-state index in [0.29, 0.717) is 5.75 Å². The van der Waals surface area contributed by atoms with Gasteiger partial charge in [-0.15, -0.1) is 11.8 Å². The molecule has 0 atom stereocenters. The van der Waals surface area contributed by atoms with Crippen LogP contribution in [0.1, 0.15) is 30.4 Å². The van der Waals surface area contributed by atoms with E-state index < -0.39 is 0 Å². The zero-order valence-electron chi connectivity index (χ0n) is 13.8. The van der Waals surface area contributed by atoms with Gasteiger partial charge in [-0.1, -0.05) is 24.3 Å². The summed E-state index contributed by atoms with van der Waals surface area (Å²) in [7, 11) is 2.18. The van der Waals surface area contributed by atoms with E-state index in [1.807, 2.05) is 0 Å². The maximum atomic E-state index is 11.9. The van der Waals surface area contributed by atoms with E-state index in [4.69, 9.17) is 0 Å². The average Bonchev–Trinajstić information content (AvgIpc) is 2.51. The molecule has 0 radical (unpaired) electrons. The molecule has 1 aromatic rings. The van der Waals surface area contributed by atoms with E-state index in [9.17, 15) is 4.79 Å². The van der Waals surface area contributed by atoms with Gasteiger partial charge in [0.15, 0.2) is 0 Å². The topological polar surface area (TPSA) is 32.3 Å². The number of amides is 1. The van der Waals surface area contributed by atoms with Gasteiger partial charge in [0, 0.05) is 12.3 Å². The van der Waals surface area contributed by atoms with Crippen molar-refractivity contribution in [2.45, 2.75) is 31.9 Å². The molecule has 122 valence electrons. The quantitative estimate of drug-likeness (QED) is 0.838. The lowest BCUT2D eigenvalue weighted by atomic mass is 9.94. The van der Waals surface area contributed by atoms with Crippen LogP contribution in [0.4, 0.5) is 0 Å². The van der Waals surface area contributed by atoms with E-state index in [1.165, 1.54) is 37.1 Å². The molecule has 1 heterocycles. The van der Waals surface area contributed by atoms with Crippen LogP contribution in [-0.2, 0) is 10.5 Å². The van der Waals surface area contributed by atoms with Crippen LogP contribution in [0.25, 0.3) is 0 Å². The van der Waals surface area contributed by atoms with Crippen LogP contribution in [0.5, 0.6) is 0 Å². The van der Waals surface area contributed by atoms with Crippen LogP contribution >= 0.6 is 11.8 Å². The van der Waals surface area contributed by atoms with Crippen molar-refractivity contribution in [1.29, 1.82) is 0 Å². The normalized spacial score (nSPS) is 16.6. The molecule has 0 unspecified atom stereocenters. The van der Waals surface area contributed by atoms with Crippen LogP contribution in [-0.4, -0.2) is 43.2 Å². The van der Waals surface area contributed by atoms with E-state index in [2.05, 4.69) is 48.5 Å². The molecule has 4 heteroatoms. The van der Waals surface area contributed by atoms with Crippen molar-refractivity contribution in [2.75, 3.05) is 32.4 Å². The third-order valence-corrected chi connectivity index (χ3v) is 5.45. The highest BCUT2D eigenvalue weighted by molar-refractivity contribution is 7.99. The first-order valence-corrected chi connectivity index (χ1v) is 9.38. The lowest BCUT2D eigenvalue weighted by molar-refractivity contribution is -0.118. The molecule has 0 aromatic heterocycles. The first-order valence-electron chi connectivity index (χ1n) is 8.22. The zero-order chi connectivity index (χ0) is 15.8. The highest BCUT2D eigenvalue weighted by Gasteiger charge is 2.16. The molecule has 1 amide bonds. The number of piperidine rings is 1. The van der Waals surface area contributed by atoms with Gasteiger partial charge in [0.25, 0.3) is 0 Å². The smallest absolute Gasteiger partial charge is 0.230 e. The van der Waals surface area contributed by atoms with Gasteiger partial charge in [0.05, 0.1) is 5.75 Å². The Labute approximate surface area is 138 Å². The van der Waals surface area contributed by atoms with Gasteiger partial charge >= 0.3 is 0 Å². The predicted octanol–water partition coefficient (Wildman–Crippen LogP) is 3.08. The van der Waals surface area contributed by atoms with Crippen LogP contribution < -0.4 is 5.32 Å². The third kappa shape index (κ3) is 6.01. The van der Waals surface area contributed by atoms with Crippen molar-refractivity contribution >= 4 is 17.7 Å². The number of nitrogens with one attached hydrogen (secondary N) is 1. The summed E-state index contributed by atoms with van der Waals surface area (Å²) in [6, 6.07) is 8.38. The largest absolute Gasteiger partial charge is 0.355 e. The summed E-state index contributed by atoms with van der Waals surface area (Å²) in [6.45, 7) is 5.35. The van der Waals surface area contributed by atoms with Gasteiger partial charge in [0.1, 0.15) is 0 Å². The second-order valence-corrected chi connectivity index (χ2v) is 7.29. The van der Waals surface area contributed by atoms with Gasteiger partial charge < -0.3 is 10.2 Å². The van der Waals surface area contributed by atoms with E-state index in [0.717, 1.165) is 24.6 Å². The zero-order valence-corrected chi connectivity index (χ0v) is 14.6. The summed E-state index contributed by atoms with van der Waals surface area (Å²) in [4.78, 5) is 14.3. The number of likely N-dealkylation sites (tertiary alicyclic amines) is 1. The Morgan fingerprint density at radius 3 is 2.77 bits per heavy atom. The first kappa shape index (κ1) is 17.4. The fraction of sp³-hybridized carbons (Fsp3) is 0.611. The Morgan fingerprint density at radius 2 is 2.05 bits per heavy atom. The number of aryl methyl sites for hydroxylation is 1. The second kappa shape index (κ2) is 9.21. The molecular weight excluding hydrogens is 292 g/mol. The molecule has 1 saturated heterocycles. The molecular formula is C18H28N2OS. The Hall–Kier alpha value is -1.00. The molecule has 0 saturated carbocycles. The van der Waals surface area contributed by atoms with Crippen LogP contribution in [0.3, 0.4) is 0 Å². The van der Waals surface area contributed by atoms with Gasteiger partial charge in [-0.3, -0.25) is 4.79 Å². The molecule has 2 rings (SSSR count). The first-order chi connectivity index (χ1) is 10.6. The van der Waals surface area contributed by atoms with Crippen LogP contribution in [0, 0.1) is 12.8 Å². The fourth-order valence-corrected chi connectivity index (χ4v) is 3.78. The maximum absolute atomic E-state index is 11.9. The van der Waals surface area contributed by atoms with Gasteiger partial charge in [-0.05, 0) is 63.4 Å². The molecule has 1 aromatic carbocycles. The Bertz CT molecular complexity index is 470. The highest BCUT2D eigenvalue weighted by atomic mass is 32.2. The average molecular weight is 321 g/mol. The van der Waals surface area contributed by atoms with Gasteiger partial charge in [-0.25, -0.2) is 0 Å². The number of carbonyl (C=O) groups excluding carboxylic acids is 1. The van der Waals surface area contributed by atoms with Gasteiger partial charge in [-0.2, -0.15) is 0 Å². The van der Waals surface area contributed by atoms with Crippen molar-refractivity contribution in [2.24, 2.45) is 5.92 Å². The SMILES string of the molecule is Cc1ccccc1CSCC(=O)NCCC1CCN(C)CC1.